The molecule has 32 heavy (non-hydrogen) atoms. The second kappa shape index (κ2) is 12.6. The van der Waals surface area contributed by atoms with E-state index in [4.69, 9.17) is 32.7 Å². The lowest BCUT2D eigenvalue weighted by Crippen LogP contribution is -2.47. The standard InChI is InChI=1S/C24H32Cl2N2O4/c1-17-3-2-4-21(11-17)31-15-19(29)13-27-18-7-9-28(10-8-18)14-20(30)16-32-22-5-6-23(25)24(26)12-22/h2-6,11-12,18-20,27,29-30H,7-10,13-16H2,1H3/t19-,20+/m1/s1. The number of piperidine rings is 1. The third-order valence-corrected chi connectivity index (χ3v) is 6.20. The molecule has 0 bridgehead atoms. The van der Waals surface area contributed by atoms with Gasteiger partial charge in [-0.1, -0.05) is 35.3 Å². The van der Waals surface area contributed by atoms with Crippen LogP contribution in [-0.4, -0.2) is 72.8 Å². The van der Waals surface area contributed by atoms with Crippen molar-refractivity contribution in [3.8, 4) is 11.5 Å². The number of aliphatic hydroxyl groups is 2. The number of aliphatic hydroxyl groups excluding tert-OH is 2. The Morgan fingerprint density at radius 1 is 0.969 bits per heavy atom. The van der Waals surface area contributed by atoms with Gasteiger partial charge >= 0.3 is 0 Å². The molecule has 8 heteroatoms. The molecule has 3 N–H and O–H groups in total. The first-order valence-electron chi connectivity index (χ1n) is 11.0. The number of halogens is 2. The number of ether oxygens (including phenoxy) is 2. The van der Waals surface area contributed by atoms with E-state index in [1.807, 2.05) is 31.2 Å². The maximum absolute atomic E-state index is 10.3. The van der Waals surface area contributed by atoms with Crippen LogP contribution >= 0.6 is 23.2 Å². The molecule has 0 amide bonds. The van der Waals surface area contributed by atoms with E-state index in [9.17, 15) is 10.2 Å². The fourth-order valence-electron chi connectivity index (χ4n) is 3.69. The van der Waals surface area contributed by atoms with Gasteiger partial charge in [0.15, 0.2) is 0 Å². The average Bonchev–Trinajstić information content (AvgIpc) is 2.78. The van der Waals surface area contributed by atoms with E-state index in [1.54, 1.807) is 18.2 Å². The molecule has 1 aliphatic heterocycles. The normalized spacial score (nSPS) is 17.2. The predicted octanol–water partition coefficient (Wildman–Crippen LogP) is 3.54. The monoisotopic (exact) mass is 482 g/mol. The van der Waals surface area contributed by atoms with Crippen molar-refractivity contribution in [2.24, 2.45) is 0 Å². The fraction of sp³-hybridized carbons (Fsp3) is 0.500. The van der Waals surface area contributed by atoms with Gasteiger partial charge in [-0.15, -0.1) is 0 Å². The fourth-order valence-corrected chi connectivity index (χ4v) is 3.98. The lowest BCUT2D eigenvalue weighted by atomic mass is 10.0. The summed E-state index contributed by atoms with van der Waals surface area (Å²) in [5.41, 5.74) is 1.13. The molecule has 2 atom stereocenters. The van der Waals surface area contributed by atoms with E-state index in [2.05, 4.69) is 10.2 Å². The molecule has 0 aliphatic carbocycles. The highest BCUT2D eigenvalue weighted by atomic mass is 35.5. The number of likely N-dealkylation sites (tertiary alicyclic amines) is 1. The molecule has 6 nitrogen and oxygen atoms in total. The number of rotatable bonds is 11. The van der Waals surface area contributed by atoms with Gasteiger partial charge in [-0.05, 0) is 62.7 Å². The smallest absolute Gasteiger partial charge is 0.121 e. The van der Waals surface area contributed by atoms with E-state index in [0.29, 0.717) is 34.9 Å². The van der Waals surface area contributed by atoms with Gasteiger partial charge in [0.1, 0.15) is 36.9 Å². The van der Waals surface area contributed by atoms with Crippen molar-refractivity contribution < 1.29 is 19.7 Å². The Bertz CT molecular complexity index is 846. The van der Waals surface area contributed by atoms with Crippen LogP contribution in [0.2, 0.25) is 10.0 Å². The summed E-state index contributed by atoms with van der Waals surface area (Å²) in [6.45, 7) is 5.30. The molecular weight excluding hydrogens is 451 g/mol. The first-order chi connectivity index (χ1) is 15.4. The Balaban J connectivity index is 1.28. The van der Waals surface area contributed by atoms with Crippen LogP contribution in [0.4, 0.5) is 0 Å². The van der Waals surface area contributed by atoms with Crippen LogP contribution in [0.1, 0.15) is 18.4 Å². The quantitative estimate of drug-likeness (QED) is 0.454. The van der Waals surface area contributed by atoms with Crippen molar-refractivity contribution in [3.05, 3.63) is 58.1 Å². The molecule has 0 unspecified atom stereocenters. The van der Waals surface area contributed by atoms with Crippen LogP contribution in [0.15, 0.2) is 42.5 Å². The molecule has 3 rings (SSSR count). The van der Waals surface area contributed by atoms with Crippen LogP contribution in [0.3, 0.4) is 0 Å². The Hall–Kier alpha value is -1.54. The average molecular weight is 483 g/mol. The minimum atomic E-state index is -0.588. The third kappa shape index (κ3) is 8.43. The molecule has 0 spiro atoms. The molecule has 0 saturated carbocycles. The predicted molar refractivity (Wildman–Crippen MR) is 128 cm³/mol. The lowest BCUT2D eigenvalue weighted by Gasteiger charge is -2.33. The second-order valence-electron chi connectivity index (χ2n) is 8.31. The zero-order chi connectivity index (χ0) is 22.9. The van der Waals surface area contributed by atoms with Gasteiger partial charge < -0.3 is 29.9 Å². The highest BCUT2D eigenvalue weighted by Gasteiger charge is 2.21. The van der Waals surface area contributed by atoms with Gasteiger partial charge in [-0.25, -0.2) is 0 Å². The number of aryl methyl sites for hydroxylation is 1. The highest BCUT2D eigenvalue weighted by Crippen LogP contribution is 2.26. The Labute approximate surface area is 200 Å². The number of nitrogens with zero attached hydrogens (tertiary/aromatic N) is 1. The minimum Gasteiger partial charge on any atom is -0.491 e. The topological polar surface area (TPSA) is 74.2 Å². The first-order valence-corrected chi connectivity index (χ1v) is 11.7. The Kier molecular flexibility index (Phi) is 9.91. The van der Waals surface area contributed by atoms with E-state index in [-0.39, 0.29) is 13.2 Å². The Morgan fingerprint density at radius 3 is 2.34 bits per heavy atom. The number of β-amino-alcohol motifs (C(OH)–C–C–N with tert-alkyl or cyclic N) is 1. The van der Waals surface area contributed by atoms with Crippen molar-refractivity contribution in [2.45, 2.75) is 38.0 Å². The zero-order valence-corrected chi connectivity index (χ0v) is 19.9. The maximum atomic E-state index is 10.3. The summed E-state index contributed by atoms with van der Waals surface area (Å²) in [5, 5.41) is 24.9. The summed E-state index contributed by atoms with van der Waals surface area (Å²) in [6, 6.07) is 13.2. The summed E-state index contributed by atoms with van der Waals surface area (Å²) < 4.78 is 11.3. The molecule has 2 aromatic carbocycles. The van der Waals surface area contributed by atoms with Gasteiger partial charge in [-0.3, -0.25) is 0 Å². The van der Waals surface area contributed by atoms with E-state index in [1.165, 1.54) is 0 Å². The van der Waals surface area contributed by atoms with Crippen LogP contribution in [0.5, 0.6) is 11.5 Å². The van der Waals surface area contributed by atoms with Crippen LogP contribution < -0.4 is 14.8 Å². The van der Waals surface area contributed by atoms with Crippen LogP contribution in [0, 0.1) is 6.92 Å². The summed E-state index contributed by atoms with van der Waals surface area (Å²) in [7, 11) is 0. The largest absolute Gasteiger partial charge is 0.491 e. The van der Waals surface area contributed by atoms with Crippen molar-refractivity contribution in [1.82, 2.24) is 10.2 Å². The van der Waals surface area contributed by atoms with Gasteiger partial charge in [0.25, 0.3) is 0 Å². The molecule has 1 heterocycles. The third-order valence-electron chi connectivity index (χ3n) is 5.46. The minimum absolute atomic E-state index is 0.198. The summed E-state index contributed by atoms with van der Waals surface area (Å²) in [4.78, 5) is 2.23. The van der Waals surface area contributed by atoms with Crippen LogP contribution in [0.25, 0.3) is 0 Å². The molecule has 0 aromatic heterocycles. The van der Waals surface area contributed by atoms with E-state index in [0.717, 1.165) is 37.2 Å². The van der Waals surface area contributed by atoms with Crippen molar-refractivity contribution in [1.29, 1.82) is 0 Å². The lowest BCUT2D eigenvalue weighted by molar-refractivity contribution is 0.0556. The molecule has 1 aliphatic rings. The molecule has 2 aromatic rings. The summed E-state index contributed by atoms with van der Waals surface area (Å²) in [6.07, 6.45) is 0.779. The highest BCUT2D eigenvalue weighted by molar-refractivity contribution is 6.42. The molecule has 176 valence electrons. The number of benzene rings is 2. The van der Waals surface area contributed by atoms with Crippen molar-refractivity contribution in [3.63, 3.8) is 0 Å². The SMILES string of the molecule is Cc1cccc(OC[C@H](O)CNC2CCN(C[C@H](O)COc3ccc(Cl)c(Cl)c3)CC2)c1. The maximum Gasteiger partial charge on any atom is 0.121 e. The zero-order valence-electron chi connectivity index (χ0n) is 18.3. The number of hydrogen-bond donors (Lipinski definition) is 3. The number of nitrogens with one attached hydrogen (secondary N) is 1. The summed E-state index contributed by atoms with van der Waals surface area (Å²) in [5.74, 6) is 1.37. The first kappa shape index (κ1) is 25.1. The van der Waals surface area contributed by atoms with Crippen molar-refractivity contribution in [2.75, 3.05) is 39.4 Å². The van der Waals surface area contributed by atoms with Gasteiger partial charge in [0, 0.05) is 25.2 Å². The van der Waals surface area contributed by atoms with Gasteiger partial charge in [-0.2, -0.15) is 0 Å². The number of hydrogen-bond acceptors (Lipinski definition) is 6. The van der Waals surface area contributed by atoms with E-state index >= 15 is 0 Å². The molecule has 1 fully saturated rings. The van der Waals surface area contributed by atoms with Gasteiger partial charge in [0.05, 0.1) is 10.0 Å². The summed E-state index contributed by atoms with van der Waals surface area (Å²) >= 11 is 11.9. The molecule has 1 saturated heterocycles. The Morgan fingerprint density at radius 2 is 1.66 bits per heavy atom. The molecule has 0 radical (unpaired) electrons. The second-order valence-corrected chi connectivity index (χ2v) is 9.12. The molecular formula is C24H32Cl2N2O4. The van der Waals surface area contributed by atoms with Crippen LogP contribution in [-0.2, 0) is 0 Å². The van der Waals surface area contributed by atoms with Crippen molar-refractivity contribution >= 4 is 23.2 Å². The van der Waals surface area contributed by atoms with Gasteiger partial charge in [0.2, 0.25) is 0 Å². The van der Waals surface area contributed by atoms with E-state index < -0.39 is 12.2 Å².